The summed E-state index contributed by atoms with van der Waals surface area (Å²) in [5.74, 6) is 0.853. The average molecular weight is 245 g/mol. The molecule has 18 heavy (non-hydrogen) atoms. The van der Waals surface area contributed by atoms with Gasteiger partial charge in [0, 0.05) is 18.7 Å². The summed E-state index contributed by atoms with van der Waals surface area (Å²) in [6, 6.07) is 6.07. The number of aromatic nitrogens is 2. The second-order valence-electron chi connectivity index (χ2n) is 4.61. The molecule has 0 fully saturated rings. The lowest BCUT2D eigenvalue weighted by molar-refractivity contribution is 0.292. The van der Waals surface area contributed by atoms with Crippen molar-refractivity contribution in [1.82, 2.24) is 9.55 Å². The Balaban J connectivity index is 2.18. The molecule has 1 unspecified atom stereocenters. The first-order valence-corrected chi connectivity index (χ1v) is 6.02. The Morgan fingerprint density at radius 1 is 1.44 bits per heavy atom. The van der Waals surface area contributed by atoms with Crippen LogP contribution in [0, 0.1) is 6.92 Å². The molecular weight excluding hydrogens is 226 g/mol. The maximum Gasteiger partial charge on any atom is 0.130 e. The summed E-state index contributed by atoms with van der Waals surface area (Å²) in [6.45, 7) is 4.50. The van der Waals surface area contributed by atoms with Crippen LogP contribution >= 0.6 is 0 Å². The normalized spacial score (nSPS) is 12.4. The lowest BCUT2D eigenvalue weighted by atomic mass is 10.1. The first-order valence-electron chi connectivity index (χ1n) is 6.02. The summed E-state index contributed by atoms with van der Waals surface area (Å²) >= 11 is 0. The number of nitrogens with two attached hydrogens (primary N) is 1. The zero-order chi connectivity index (χ0) is 13.1. The van der Waals surface area contributed by atoms with Crippen molar-refractivity contribution >= 4 is 0 Å². The molecule has 96 valence electrons. The van der Waals surface area contributed by atoms with Gasteiger partial charge in [-0.15, -0.1) is 0 Å². The molecule has 0 bridgehead atoms. The van der Waals surface area contributed by atoms with Crippen LogP contribution in [0.25, 0.3) is 0 Å². The molecule has 0 radical (unpaired) electrons. The molecule has 2 rings (SSSR count). The van der Waals surface area contributed by atoms with Gasteiger partial charge in [0.05, 0.1) is 18.2 Å². The fraction of sp³-hybridized carbons (Fsp3) is 0.357. The minimum atomic E-state index is -0.0351. The van der Waals surface area contributed by atoms with Crippen molar-refractivity contribution in [2.45, 2.75) is 26.5 Å². The molecule has 0 aliphatic rings. The van der Waals surface area contributed by atoms with Crippen molar-refractivity contribution in [3.63, 3.8) is 0 Å². The Hall–Kier alpha value is -1.81. The summed E-state index contributed by atoms with van der Waals surface area (Å²) in [4.78, 5) is 4.07. The molecule has 2 aromatic rings. The highest BCUT2D eigenvalue weighted by Crippen LogP contribution is 2.25. The van der Waals surface area contributed by atoms with Crippen LogP contribution in [0.3, 0.4) is 0 Å². The highest BCUT2D eigenvalue weighted by atomic mass is 16.5. The molecule has 0 saturated carbocycles. The average Bonchev–Trinajstić information content (AvgIpc) is 2.72. The molecular formula is C14H19N3O. The minimum Gasteiger partial charge on any atom is -0.487 e. The van der Waals surface area contributed by atoms with Gasteiger partial charge in [-0.3, -0.25) is 0 Å². The molecule has 1 aromatic carbocycles. The molecule has 0 aliphatic carbocycles. The van der Waals surface area contributed by atoms with E-state index in [1.807, 2.05) is 37.6 Å². The fourth-order valence-electron chi connectivity index (χ4n) is 1.82. The Kier molecular flexibility index (Phi) is 3.67. The van der Waals surface area contributed by atoms with E-state index in [9.17, 15) is 0 Å². The van der Waals surface area contributed by atoms with Crippen LogP contribution in [0.1, 0.15) is 29.8 Å². The van der Waals surface area contributed by atoms with Gasteiger partial charge in [-0.05, 0) is 25.5 Å². The largest absolute Gasteiger partial charge is 0.487 e. The SMILES string of the molecule is Cc1ccc(C(C)N)c(OCc2cncn2C)c1. The summed E-state index contributed by atoms with van der Waals surface area (Å²) in [7, 11) is 1.95. The van der Waals surface area contributed by atoms with E-state index >= 15 is 0 Å². The van der Waals surface area contributed by atoms with Gasteiger partial charge >= 0.3 is 0 Å². The topological polar surface area (TPSA) is 53.1 Å². The van der Waals surface area contributed by atoms with Gasteiger partial charge in [0.1, 0.15) is 12.4 Å². The van der Waals surface area contributed by atoms with E-state index < -0.39 is 0 Å². The van der Waals surface area contributed by atoms with Gasteiger partial charge in [0.25, 0.3) is 0 Å². The van der Waals surface area contributed by atoms with E-state index in [2.05, 4.69) is 11.1 Å². The molecule has 1 atom stereocenters. The van der Waals surface area contributed by atoms with Crippen molar-refractivity contribution in [1.29, 1.82) is 0 Å². The van der Waals surface area contributed by atoms with Gasteiger partial charge in [-0.25, -0.2) is 4.98 Å². The van der Waals surface area contributed by atoms with E-state index in [0.717, 1.165) is 17.0 Å². The molecule has 2 N–H and O–H groups in total. The third kappa shape index (κ3) is 2.71. The van der Waals surface area contributed by atoms with E-state index in [4.69, 9.17) is 10.5 Å². The monoisotopic (exact) mass is 245 g/mol. The lowest BCUT2D eigenvalue weighted by Crippen LogP contribution is -2.09. The summed E-state index contributed by atoms with van der Waals surface area (Å²) < 4.78 is 7.81. The Labute approximate surface area is 107 Å². The minimum absolute atomic E-state index is 0.0351. The predicted molar refractivity (Wildman–Crippen MR) is 71.3 cm³/mol. The lowest BCUT2D eigenvalue weighted by Gasteiger charge is -2.14. The first kappa shape index (κ1) is 12.6. The van der Waals surface area contributed by atoms with Crippen LogP contribution in [-0.4, -0.2) is 9.55 Å². The molecule has 4 heteroatoms. The number of hydrogen-bond donors (Lipinski definition) is 1. The Bertz CT molecular complexity index is 532. The van der Waals surface area contributed by atoms with Crippen LogP contribution in [0.5, 0.6) is 5.75 Å². The van der Waals surface area contributed by atoms with Crippen molar-refractivity contribution < 1.29 is 4.74 Å². The van der Waals surface area contributed by atoms with Crippen molar-refractivity contribution in [2.75, 3.05) is 0 Å². The van der Waals surface area contributed by atoms with Crippen LogP contribution < -0.4 is 10.5 Å². The molecule has 0 spiro atoms. The van der Waals surface area contributed by atoms with Gasteiger partial charge in [-0.1, -0.05) is 12.1 Å². The quantitative estimate of drug-likeness (QED) is 0.899. The van der Waals surface area contributed by atoms with E-state index in [-0.39, 0.29) is 6.04 Å². The highest BCUT2D eigenvalue weighted by molar-refractivity contribution is 5.39. The van der Waals surface area contributed by atoms with Gasteiger partial charge in [0.15, 0.2) is 0 Å². The molecule has 0 amide bonds. The highest BCUT2D eigenvalue weighted by Gasteiger charge is 2.09. The number of imidazole rings is 1. The summed E-state index contributed by atoms with van der Waals surface area (Å²) in [5.41, 5.74) is 9.18. The number of ether oxygens (including phenoxy) is 1. The molecule has 4 nitrogen and oxygen atoms in total. The van der Waals surface area contributed by atoms with Crippen LogP contribution in [0.2, 0.25) is 0 Å². The van der Waals surface area contributed by atoms with E-state index in [1.54, 1.807) is 12.5 Å². The zero-order valence-electron chi connectivity index (χ0n) is 11.1. The molecule has 0 aliphatic heterocycles. The van der Waals surface area contributed by atoms with E-state index in [0.29, 0.717) is 6.61 Å². The van der Waals surface area contributed by atoms with Gasteiger partial charge in [0.2, 0.25) is 0 Å². The standard InChI is InChI=1S/C14H19N3O/c1-10-4-5-13(11(2)15)14(6-10)18-8-12-7-16-9-17(12)3/h4-7,9,11H,8,15H2,1-3H3. The number of benzene rings is 1. The number of rotatable bonds is 4. The second-order valence-corrected chi connectivity index (χ2v) is 4.61. The van der Waals surface area contributed by atoms with Gasteiger partial charge < -0.3 is 15.0 Å². The molecule has 0 saturated heterocycles. The second kappa shape index (κ2) is 5.23. The fourth-order valence-corrected chi connectivity index (χ4v) is 1.82. The summed E-state index contributed by atoms with van der Waals surface area (Å²) in [6.07, 6.45) is 3.57. The predicted octanol–water partition coefficient (Wildman–Crippen LogP) is 2.33. The summed E-state index contributed by atoms with van der Waals surface area (Å²) in [5, 5.41) is 0. The van der Waals surface area contributed by atoms with E-state index in [1.165, 1.54) is 5.56 Å². The maximum atomic E-state index is 5.95. The molecule has 1 aromatic heterocycles. The number of nitrogens with zero attached hydrogens (tertiary/aromatic N) is 2. The third-order valence-corrected chi connectivity index (χ3v) is 2.95. The van der Waals surface area contributed by atoms with Crippen molar-refractivity contribution in [3.8, 4) is 5.75 Å². The third-order valence-electron chi connectivity index (χ3n) is 2.95. The smallest absolute Gasteiger partial charge is 0.130 e. The van der Waals surface area contributed by atoms with Gasteiger partial charge in [-0.2, -0.15) is 0 Å². The van der Waals surface area contributed by atoms with Crippen LogP contribution in [0.4, 0.5) is 0 Å². The number of aryl methyl sites for hydroxylation is 2. The Morgan fingerprint density at radius 2 is 2.22 bits per heavy atom. The Morgan fingerprint density at radius 3 is 2.83 bits per heavy atom. The molecule has 1 heterocycles. The van der Waals surface area contributed by atoms with Crippen molar-refractivity contribution in [2.24, 2.45) is 12.8 Å². The maximum absolute atomic E-state index is 5.95. The first-order chi connectivity index (χ1) is 8.58. The van der Waals surface area contributed by atoms with Crippen LogP contribution in [-0.2, 0) is 13.7 Å². The number of hydrogen-bond acceptors (Lipinski definition) is 3. The van der Waals surface area contributed by atoms with Crippen LogP contribution in [0.15, 0.2) is 30.7 Å². The van der Waals surface area contributed by atoms with Crippen molar-refractivity contribution in [3.05, 3.63) is 47.5 Å². The zero-order valence-corrected chi connectivity index (χ0v) is 11.1.